The Morgan fingerprint density at radius 1 is 1.00 bits per heavy atom. The van der Waals surface area contributed by atoms with E-state index in [1.807, 2.05) is 24.3 Å². The van der Waals surface area contributed by atoms with Gasteiger partial charge in [0.25, 0.3) is 0 Å². The third-order valence-electron chi connectivity index (χ3n) is 1.62. The van der Waals surface area contributed by atoms with Gasteiger partial charge >= 0.3 is 70.1 Å². The summed E-state index contributed by atoms with van der Waals surface area (Å²) in [6.45, 7) is 1.38. The summed E-state index contributed by atoms with van der Waals surface area (Å²) in [5, 5.41) is 0. The molecule has 0 aliphatic heterocycles. The summed E-state index contributed by atoms with van der Waals surface area (Å²) >= 11 is -3.26. The fourth-order valence-electron chi connectivity index (χ4n) is 0.817. The van der Waals surface area contributed by atoms with E-state index in [4.69, 9.17) is 25.7 Å². The van der Waals surface area contributed by atoms with Gasteiger partial charge in [-0.2, -0.15) is 0 Å². The third-order valence-corrected chi connectivity index (χ3v) is 11.9. The maximum atomic E-state index is 5.79. The monoisotopic (exact) mass is 440 g/mol. The third kappa shape index (κ3) is 8.90. The van der Waals surface area contributed by atoms with Gasteiger partial charge in [0.1, 0.15) is 0 Å². The molecule has 0 fully saturated rings. The topological polar surface area (TPSA) is 18.5 Å². The number of ether oxygens (including phenoxy) is 2. The molecular formula is C9H15Cl3HfO2. The first-order chi connectivity index (χ1) is 7.02. The molecule has 0 spiro atoms. The van der Waals surface area contributed by atoms with Gasteiger partial charge in [0.05, 0.1) is 13.2 Å². The van der Waals surface area contributed by atoms with Crippen molar-refractivity contribution in [2.24, 2.45) is 0 Å². The quantitative estimate of drug-likeness (QED) is 0.490. The molecule has 0 amide bonds. The Morgan fingerprint density at radius 3 is 1.60 bits per heavy atom. The second kappa shape index (κ2) is 9.20. The van der Waals surface area contributed by atoms with Crippen LogP contribution in [0, 0.1) is 0 Å². The van der Waals surface area contributed by atoms with Crippen molar-refractivity contribution in [2.75, 3.05) is 27.4 Å². The van der Waals surface area contributed by atoms with Crippen molar-refractivity contribution in [3.8, 4) is 0 Å². The zero-order valence-corrected chi connectivity index (χ0v) is 14.6. The molecule has 15 heavy (non-hydrogen) atoms. The van der Waals surface area contributed by atoms with Gasteiger partial charge in [-0.25, -0.2) is 0 Å². The molecule has 0 N–H and O–H groups in total. The summed E-state index contributed by atoms with van der Waals surface area (Å²) in [5.74, 6) is 0. The van der Waals surface area contributed by atoms with Crippen molar-refractivity contribution in [1.29, 1.82) is 0 Å². The van der Waals surface area contributed by atoms with Crippen molar-refractivity contribution >= 4 is 25.7 Å². The van der Waals surface area contributed by atoms with Gasteiger partial charge in [-0.05, 0) is 0 Å². The summed E-state index contributed by atoms with van der Waals surface area (Å²) in [5.41, 5.74) is 0. The SMILES string of the molecule is COCCOC.[Cl][Hf]([Cl])([Cl])[CH]1C=CC=C1. The molecule has 2 nitrogen and oxygen atoms in total. The predicted molar refractivity (Wildman–Crippen MR) is 63.3 cm³/mol. The second-order valence-corrected chi connectivity index (χ2v) is 28.5. The normalized spacial score (nSPS) is 15.3. The van der Waals surface area contributed by atoms with E-state index in [0.717, 1.165) is 0 Å². The standard InChI is InChI=1S/C5H5.C4H10O2.3ClH.Hf/c1-2-4-5-3-1;1-5-3-4-6-2;;;;/h1-5H;3-4H2,1-2H3;3*1H;/q;;;;;+3/p-3. The van der Waals surface area contributed by atoms with Gasteiger partial charge in [-0.15, -0.1) is 0 Å². The summed E-state index contributed by atoms with van der Waals surface area (Å²) in [4.78, 5) is 0. The molecule has 88 valence electrons. The molecule has 6 heteroatoms. The molecule has 1 aliphatic carbocycles. The molecule has 1 aliphatic rings. The predicted octanol–water partition coefficient (Wildman–Crippen LogP) is 3.80. The van der Waals surface area contributed by atoms with Gasteiger partial charge in [0.2, 0.25) is 0 Å². The van der Waals surface area contributed by atoms with Gasteiger partial charge in [0, 0.05) is 14.2 Å². The van der Waals surface area contributed by atoms with Gasteiger partial charge in [-0.3, -0.25) is 0 Å². The van der Waals surface area contributed by atoms with Crippen LogP contribution in [0.4, 0.5) is 0 Å². The molecule has 0 saturated heterocycles. The van der Waals surface area contributed by atoms with E-state index in [2.05, 4.69) is 9.47 Å². The number of hydrogen-bond acceptors (Lipinski definition) is 2. The summed E-state index contributed by atoms with van der Waals surface area (Å²) < 4.78 is 9.48. The number of allylic oxidation sites excluding steroid dienone is 4. The van der Waals surface area contributed by atoms with E-state index in [-0.39, 0.29) is 3.67 Å². The van der Waals surface area contributed by atoms with Crippen LogP contribution in [0.2, 0.25) is 3.67 Å². The number of methoxy groups -OCH3 is 2. The first-order valence-electron chi connectivity index (χ1n) is 4.42. The fraction of sp³-hybridized carbons (Fsp3) is 0.556. The average molecular weight is 440 g/mol. The molecule has 0 aromatic carbocycles. The zero-order chi connectivity index (χ0) is 11.7. The van der Waals surface area contributed by atoms with Crippen LogP contribution in [0.3, 0.4) is 0 Å². The van der Waals surface area contributed by atoms with Crippen LogP contribution in [0.15, 0.2) is 24.3 Å². The Labute approximate surface area is 106 Å². The van der Waals surface area contributed by atoms with Crippen molar-refractivity contribution in [3.05, 3.63) is 24.3 Å². The van der Waals surface area contributed by atoms with E-state index >= 15 is 0 Å². The number of rotatable bonds is 4. The summed E-state index contributed by atoms with van der Waals surface area (Å²) in [6.07, 6.45) is 7.75. The molecule has 1 rings (SSSR count). The minimum atomic E-state index is -3.26. The second-order valence-electron chi connectivity index (χ2n) is 2.82. The Morgan fingerprint density at radius 2 is 1.40 bits per heavy atom. The Balaban J connectivity index is 0.000000288. The molecule has 0 heterocycles. The van der Waals surface area contributed by atoms with Crippen LogP contribution in [0.25, 0.3) is 0 Å². The van der Waals surface area contributed by atoms with Crippen LogP contribution < -0.4 is 0 Å². The minimum absolute atomic E-state index is 0.169. The molecule has 0 aromatic heterocycles. The molecule has 0 aromatic rings. The van der Waals surface area contributed by atoms with Crippen LogP contribution >= 0.6 is 25.7 Å². The maximum absolute atomic E-state index is 5.79. The van der Waals surface area contributed by atoms with Gasteiger partial charge < -0.3 is 9.47 Å². The van der Waals surface area contributed by atoms with Crippen LogP contribution in [0.1, 0.15) is 0 Å². The molecule has 0 unspecified atom stereocenters. The van der Waals surface area contributed by atoms with Crippen LogP contribution in [-0.4, -0.2) is 27.4 Å². The number of hydrogen-bond donors (Lipinski definition) is 0. The molecular weight excluding hydrogens is 425 g/mol. The average Bonchev–Trinajstić information content (AvgIpc) is 2.67. The molecule has 0 bridgehead atoms. The van der Waals surface area contributed by atoms with Crippen molar-refractivity contribution in [2.45, 2.75) is 3.67 Å². The Bertz CT molecular complexity index is 198. The Hall–Kier alpha value is 1.14. The Kier molecular flexibility index (Phi) is 9.90. The van der Waals surface area contributed by atoms with E-state index in [0.29, 0.717) is 13.2 Å². The fourth-order valence-corrected chi connectivity index (χ4v) is 6.76. The van der Waals surface area contributed by atoms with E-state index in [1.165, 1.54) is 0 Å². The van der Waals surface area contributed by atoms with Gasteiger partial charge in [0.15, 0.2) is 0 Å². The summed E-state index contributed by atoms with van der Waals surface area (Å²) in [6, 6.07) is 0. The molecule has 0 saturated carbocycles. The molecule has 0 atom stereocenters. The zero-order valence-electron chi connectivity index (χ0n) is 8.75. The van der Waals surface area contributed by atoms with Crippen molar-refractivity contribution in [1.82, 2.24) is 0 Å². The first-order valence-corrected chi connectivity index (χ1v) is 19.8. The first kappa shape index (κ1) is 16.1. The summed E-state index contributed by atoms with van der Waals surface area (Å²) in [7, 11) is 20.7. The van der Waals surface area contributed by atoms with E-state index in [1.54, 1.807) is 14.2 Å². The van der Waals surface area contributed by atoms with Crippen molar-refractivity contribution in [3.63, 3.8) is 0 Å². The van der Waals surface area contributed by atoms with Crippen molar-refractivity contribution < 1.29 is 25.9 Å². The van der Waals surface area contributed by atoms with E-state index < -0.39 is 16.4 Å². The van der Waals surface area contributed by atoms with Crippen LogP contribution in [-0.2, 0) is 25.9 Å². The molecule has 0 radical (unpaired) electrons. The van der Waals surface area contributed by atoms with Gasteiger partial charge in [-0.1, -0.05) is 0 Å². The van der Waals surface area contributed by atoms with Crippen LogP contribution in [0.5, 0.6) is 0 Å². The number of halogens is 3. The van der Waals surface area contributed by atoms with E-state index in [9.17, 15) is 0 Å².